The molecule has 3 saturated heterocycles. The number of amides is 1. The molecule has 2 aromatic heterocycles. The third-order valence-electron chi connectivity index (χ3n) is 9.84. The van der Waals surface area contributed by atoms with E-state index >= 15 is 0 Å². The average Bonchev–Trinajstić information content (AvgIpc) is 3.70. The van der Waals surface area contributed by atoms with Crippen LogP contribution in [0.1, 0.15) is 71.3 Å². The zero-order valence-electron chi connectivity index (χ0n) is 26.9. The molecular formula is C34H46N8O3. The van der Waals surface area contributed by atoms with Crippen molar-refractivity contribution in [2.75, 3.05) is 55.7 Å². The molecular weight excluding hydrogens is 568 g/mol. The van der Waals surface area contributed by atoms with Crippen molar-refractivity contribution < 1.29 is 14.3 Å². The van der Waals surface area contributed by atoms with Crippen LogP contribution in [0.2, 0.25) is 0 Å². The Balaban J connectivity index is 1.06. The first kappa shape index (κ1) is 30.0. The van der Waals surface area contributed by atoms with Crippen molar-refractivity contribution in [3.05, 3.63) is 48.4 Å². The van der Waals surface area contributed by atoms with Crippen LogP contribution in [0, 0.1) is 5.92 Å². The lowest BCUT2D eigenvalue weighted by Gasteiger charge is -2.43. The SMILES string of the molecule is CC(C)(C)OC(=O)N(CC1CCC1)[C@@H]1CCCN(c2ccc(C3(n4cc(-c5cncc(N6CCCC6)n5)nn4)COC3)cc2)C1. The van der Waals surface area contributed by atoms with Crippen LogP contribution >= 0.6 is 0 Å². The molecule has 1 amide bonds. The van der Waals surface area contributed by atoms with Gasteiger partial charge in [0.05, 0.1) is 37.8 Å². The number of ether oxygens (including phenoxy) is 2. The largest absolute Gasteiger partial charge is 0.444 e. The number of nitrogens with zero attached hydrogens (tertiary/aromatic N) is 8. The molecule has 240 valence electrons. The highest BCUT2D eigenvalue weighted by molar-refractivity contribution is 5.69. The summed E-state index contributed by atoms with van der Waals surface area (Å²) < 4.78 is 13.6. The standard InChI is InChI=1S/C34H46N8O3/c1-33(2,3)45-32(43)41(20-25-8-6-9-25)28-10-7-17-40(21-28)27-13-11-26(12-14-27)34(23-44-24-34)42-22-30(37-38-42)29-18-35-19-31(36-29)39-15-4-5-16-39/h11-14,18-19,22,25,28H,4-10,15-17,20-21,23-24H2,1-3H3/t28-/m1/s1. The quantitative estimate of drug-likeness (QED) is 0.342. The maximum absolute atomic E-state index is 13.3. The molecule has 0 N–H and O–H groups in total. The molecule has 1 aliphatic carbocycles. The van der Waals surface area contributed by atoms with E-state index in [0.717, 1.165) is 62.6 Å². The van der Waals surface area contributed by atoms with Gasteiger partial charge in [0.1, 0.15) is 28.3 Å². The van der Waals surface area contributed by atoms with Gasteiger partial charge in [0.15, 0.2) is 0 Å². The Hall–Kier alpha value is -3.73. The van der Waals surface area contributed by atoms with Gasteiger partial charge in [-0.15, -0.1) is 5.10 Å². The summed E-state index contributed by atoms with van der Waals surface area (Å²) in [6.07, 6.45) is 13.5. The summed E-state index contributed by atoms with van der Waals surface area (Å²) in [7, 11) is 0. The second-order valence-electron chi connectivity index (χ2n) is 14.2. The Kier molecular flexibility index (Phi) is 8.14. The van der Waals surface area contributed by atoms with E-state index in [1.165, 1.54) is 37.8 Å². The Morgan fingerprint density at radius 2 is 1.73 bits per heavy atom. The highest BCUT2D eigenvalue weighted by atomic mass is 16.6. The normalized spacial score (nSPS) is 21.7. The summed E-state index contributed by atoms with van der Waals surface area (Å²) in [4.78, 5) is 29.3. The molecule has 11 heteroatoms. The van der Waals surface area contributed by atoms with Gasteiger partial charge in [-0.2, -0.15) is 0 Å². The maximum atomic E-state index is 13.3. The lowest BCUT2D eigenvalue weighted by molar-refractivity contribution is -0.0829. The number of piperidine rings is 1. The highest BCUT2D eigenvalue weighted by Crippen LogP contribution is 2.36. The zero-order chi connectivity index (χ0) is 31.0. The van der Waals surface area contributed by atoms with Crippen LogP contribution < -0.4 is 9.80 Å². The summed E-state index contributed by atoms with van der Waals surface area (Å²) in [6.45, 7) is 11.5. The van der Waals surface area contributed by atoms with Crippen LogP contribution in [0.4, 0.5) is 16.3 Å². The molecule has 0 radical (unpaired) electrons. The van der Waals surface area contributed by atoms with E-state index in [9.17, 15) is 4.79 Å². The van der Waals surface area contributed by atoms with Gasteiger partial charge in [-0.3, -0.25) is 4.98 Å². The van der Waals surface area contributed by atoms with Gasteiger partial charge in [-0.1, -0.05) is 23.8 Å². The molecule has 11 nitrogen and oxygen atoms in total. The van der Waals surface area contributed by atoms with Gasteiger partial charge in [0.2, 0.25) is 0 Å². The number of hydrogen-bond acceptors (Lipinski definition) is 9. The number of hydrogen-bond donors (Lipinski definition) is 0. The number of rotatable bonds is 8. The van der Waals surface area contributed by atoms with Crippen molar-refractivity contribution in [3.63, 3.8) is 0 Å². The van der Waals surface area contributed by atoms with Gasteiger partial charge in [0.25, 0.3) is 0 Å². The van der Waals surface area contributed by atoms with Crippen LogP contribution in [0.25, 0.3) is 11.4 Å². The Morgan fingerprint density at radius 3 is 2.40 bits per heavy atom. The van der Waals surface area contributed by atoms with E-state index in [-0.39, 0.29) is 12.1 Å². The summed E-state index contributed by atoms with van der Waals surface area (Å²) >= 11 is 0. The van der Waals surface area contributed by atoms with Gasteiger partial charge in [-0.05, 0) is 82.9 Å². The Bertz CT molecular complexity index is 1470. The van der Waals surface area contributed by atoms with Gasteiger partial charge in [-0.25, -0.2) is 14.5 Å². The van der Waals surface area contributed by atoms with Crippen LogP contribution in [-0.2, 0) is 15.0 Å². The van der Waals surface area contributed by atoms with E-state index in [1.54, 1.807) is 6.20 Å². The molecule has 3 aliphatic heterocycles. The van der Waals surface area contributed by atoms with Crippen molar-refractivity contribution in [3.8, 4) is 11.4 Å². The summed E-state index contributed by atoms with van der Waals surface area (Å²) in [5.41, 5.74) is 2.83. The maximum Gasteiger partial charge on any atom is 0.410 e. The minimum atomic E-state index is -0.504. The van der Waals surface area contributed by atoms with Crippen molar-refractivity contribution in [2.45, 2.75) is 82.9 Å². The lowest BCUT2D eigenvalue weighted by atomic mass is 9.84. The zero-order valence-corrected chi connectivity index (χ0v) is 26.9. The molecule has 4 aliphatic rings. The fourth-order valence-electron chi connectivity index (χ4n) is 6.97. The number of carbonyl (C=O) groups excluding carboxylic acids is 1. The molecule has 5 heterocycles. The third kappa shape index (κ3) is 6.23. The summed E-state index contributed by atoms with van der Waals surface area (Å²) in [5.74, 6) is 1.49. The fourth-order valence-corrected chi connectivity index (χ4v) is 6.97. The van der Waals surface area contributed by atoms with E-state index < -0.39 is 11.1 Å². The van der Waals surface area contributed by atoms with Crippen molar-refractivity contribution >= 4 is 17.6 Å². The predicted octanol–water partition coefficient (Wildman–Crippen LogP) is 5.12. The monoisotopic (exact) mass is 614 g/mol. The minimum Gasteiger partial charge on any atom is -0.444 e. The van der Waals surface area contributed by atoms with E-state index in [1.807, 2.05) is 42.7 Å². The summed E-state index contributed by atoms with van der Waals surface area (Å²) in [5, 5.41) is 9.05. The topological polar surface area (TPSA) is 102 Å². The molecule has 1 saturated carbocycles. The third-order valence-corrected chi connectivity index (χ3v) is 9.84. The molecule has 0 spiro atoms. The van der Waals surface area contributed by atoms with Crippen molar-refractivity contribution in [1.29, 1.82) is 0 Å². The smallest absolute Gasteiger partial charge is 0.410 e. The number of benzene rings is 1. The molecule has 0 bridgehead atoms. The first-order valence-electron chi connectivity index (χ1n) is 16.7. The fraction of sp³-hybridized carbons (Fsp3) is 0.618. The average molecular weight is 615 g/mol. The lowest BCUT2D eigenvalue weighted by Crippen LogP contribution is -2.53. The molecule has 7 rings (SSSR count). The minimum absolute atomic E-state index is 0.140. The molecule has 1 atom stereocenters. The summed E-state index contributed by atoms with van der Waals surface area (Å²) in [6, 6.07) is 8.92. The Morgan fingerprint density at radius 1 is 0.978 bits per heavy atom. The number of anilines is 2. The molecule has 45 heavy (non-hydrogen) atoms. The van der Waals surface area contributed by atoms with E-state index in [2.05, 4.69) is 49.4 Å². The van der Waals surface area contributed by atoms with Crippen molar-refractivity contribution in [2.24, 2.45) is 5.92 Å². The Labute approximate surface area is 265 Å². The van der Waals surface area contributed by atoms with Crippen LogP contribution in [-0.4, -0.2) is 93.5 Å². The van der Waals surface area contributed by atoms with Crippen LogP contribution in [0.3, 0.4) is 0 Å². The molecule has 0 unspecified atom stereocenters. The van der Waals surface area contributed by atoms with E-state index in [0.29, 0.717) is 24.8 Å². The second-order valence-corrected chi connectivity index (χ2v) is 14.2. The van der Waals surface area contributed by atoms with Crippen molar-refractivity contribution in [1.82, 2.24) is 29.9 Å². The highest BCUT2D eigenvalue weighted by Gasteiger charge is 2.44. The van der Waals surface area contributed by atoms with Crippen LogP contribution in [0.15, 0.2) is 42.9 Å². The van der Waals surface area contributed by atoms with Gasteiger partial charge >= 0.3 is 6.09 Å². The van der Waals surface area contributed by atoms with E-state index in [4.69, 9.17) is 14.5 Å². The second kappa shape index (κ2) is 12.2. The number of carbonyl (C=O) groups is 1. The van der Waals surface area contributed by atoms with Gasteiger partial charge < -0.3 is 24.2 Å². The van der Waals surface area contributed by atoms with Gasteiger partial charge in [0, 0.05) is 38.4 Å². The molecule has 4 fully saturated rings. The van der Waals surface area contributed by atoms with Crippen LogP contribution in [0.5, 0.6) is 0 Å². The predicted molar refractivity (Wildman–Crippen MR) is 172 cm³/mol. The number of aromatic nitrogens is 5. The first-order chi connectivity index (χ1) is 21.8. The first-order valence-corrected chi connectivity index (χ1v) is 16.7. The molecule has 3 aromatic rings. The molecule has 1 aromatic carbocycles.